The maximum absolute atomic E-state index is 13.6. The van der Waals surface area contributed by atoms with E-state index in [9.17, 15) is 12.8 Å². The summed E-state index contributed by atoms with van der Waals surface area (Å²) < 4.78 is 43.9. The van der Waals surface area contributed by atoms with Crippen LogP contribution in [0.15, 0.2) is 23.2 Å². The number of hydrogen-bond donors (Lipinski definition) is 1. The van der Waals surface area contributed by atoms with Crippen molar-refractivity contribution in [1.82, 2.24) is 9.97 Å². The van der Waals surface area contributed by atoms with Gasteiger partial charge in [0.05, 0.1) is 16.8 Å². The predicted molar refractivity (Wildman–Crippen MR) is 107 cm³/mol. The summed E-state index contributed by atoms with van der Waals surface area (Å²) in [5, 5.41) is -0.0237. The number of sulfone groups is 1. The van der Waals surface area contributed by atoms with Crippen LogP contribution < -0.4 is 0 Å². The van der Waals surface area contributed by atoms with Gasteiger partial charge in [0.15, 0.2) is 14.9 Å². The summed E-state index contributed by atoms with van der Waals surface area (Å²) in [7, 11) is -3.48. The first-order chi connectivity index (χ1) is 12.9. The first-order valence-corrected chi connectivity index (χ1v) is 11.5. The Hall–Kier alpha value is -1.44. The monoisotopic (exact) mass is 428 g/mol. The van der Waals surface area contributed by atoms with E-state index in [0.29, 0.717) is 23.0 Å². The molecular formula is C20H26ClFN2O3S. The summed E-state index contributed by atoms with van der Waals surface area (Å²) in [5.41, 5.74) is 1.28. The topological polar surface area (TPSA) is 72.0 Å². The minimum absolute atomic E-state index is 0.00881. The smallest absolute Gasteiger partial charge is 0.194 e. The number of H-pyrrole nitrogens is 1. The number of aryl methyl sites for hydroxylation is 1. The van der Waals surface area contributed by atoms with Crippen LogP contribution in [0, 0.1) is 24.1 Å². The number of imidazole rings is 1. The summed E-state index contributed by atoms with van der Waals surface area (Å²) in [6, 6.07) is 4.36. The Morgan fingerprint density at radius 1 is 1.32 bits per heavy atom. The Kier molecular flexibility index (Phi) is 5.64. The van der Waals surface area contributed by atoms with E-state index in [1.807, 2.05) is 0 Å². The van der Waals surface area contributed by atoms with Crippen molar-refractivity contribution in [2.24, 2.45) is 11.3 Å². The van der Waals surface area contributed by atoms with Crippen molar-refractivity contribution in [3.63, 3.8) is 0 Å². The lowest BCUT2D eigenvalue weighted by Crippen LogP contribution is -2.39. The van der Waals surface area contributed by atoms with Crippen LogP contribution >= 0.6 is 11.6 Å². The highest BCUT2D eigenvalue weighted by atomic mass is 35.5. The summed E-state index contributed by atoms with van der Waals surface area (Å²) >= 11 is 5.96. The van der Waals surface area contributed by atoms with Crippen LogP contribution in [0.3, 0.4) is 0 Å². The molecule has 0 bridgehead atoms. The van der Waals surface area contributed by atoms with Crippen LogP contribution in [0.4, 0.5) is 4.39 Å². The molecule has 1 heterocycles. The molecule has 0 radical (unpaired) electrons. The van der Waals surface area contributed by atoms with Gasteiger partial charge < -0.3 is 9.72 Å². The van der Waals surface area contributed by atoms with E-state index in [0.717, 1.165) is 19.1 Å². The lowest BCUT2D eigenvalue weighted by atomic mass is 9.67. The lowest BCUT2D eigenvalue weighted by Gasteiger charge is -2.44. The van der Waals surface area contributed by atoms with Gasteiger partial charge in [-0.25, -0.2) is 17.8 Å². The number of hydrogen-bond acceptors (Lipinski definition) is 4. The zero-order valence-corrected chi connectivity index (χ0v) is 18.3. The van der Waals surface area contributed by atoms with Crippen molar-refractivity contribution in [2.45, 2.75) is 57.8 Å². The third-order valence-electron chi connectivity index (χ3n) is 5.35. The summed E-state index contributed by atoms with van der Waals surface area (Å²) in [6.45, 7) is 8.28. The summed E-state index contributed by atoms with van der Waals surface area (Å²) in [6.07, 6.45) is 2.30. The molecule has 0 amide bonds. The summed E-state index contributed by atoms with van der Waals surface area (Å²) in [5.74, 6) is 0.410. The average molecular weight is 429 g/mol. The normalized spacial score (nSPS) is 21.4. The molecule has 1 atom stereocenters. The van der Waals surface area contributed by atoms with Crippen LogP contribution in [0.25, 0.3) is 0 Å². The fourth-order valence-electron chi connectivity index (χ4n) is 3.50. The SMILES string of the molecule is Cc1[nH]c(C(OC2CC(C(C)(C)C)C2)c2ccc(F)c(Cl)c2)nc1S(C)(=O)=O. The van der Waals surface area contributed by atoms with Gasteiger partial charge in [0, 0.05) is 6.26 Å². The maximum atomic E-state index is 13.6. The molecule has 5 nitrogen and oxygen atoms in total. The van der Waals surface area contributed by atoms with Crippen molar-refractivity contribution in [3.8, 4) is 0 Å². The highest BCUT2D eigenvalue weighted by molar-refractivity contribution is 7.90. The molecule has 0 saturated heterocycles. The molecule has 1 aromatic heterocycles. The molecule has 0 spiro atoms. The molecule has 154 valence electrons. The van der Waals surface area contributed by atoms with Gasteiger partial charge >= 0.3 is 0 Å². The number of benzene rings is 1. The third kappa shape index (κ3) is 4.42. The van der Waals surface area contributed by atoms with Gasteiger partial charge in [-0.15, -0.1) is 0 Å². The largest absolute Gasteiger partial charge is 0.362 e. The number of halogens is 2. The molecule has 3 rings (SSSR count). The molecule has 1 aliphatic rings. The molecule has 2 aromatic rings. The van der Waals surface area contributed by atoms with Crippen LogP contribution in [-0.2, 0) is 14.6 Å². The number of nitrogens with one attached hydrogen (secondary N) is 1. The van der Waals surface area contributed by atoms with Crippen molar-refractivity contribution in [1.29, 1.82) is 0 Å². The third-order valence-corrected chi connectivity index (χ3v) is 6.74. The minimum atomic E-state index is -3.48. The van der Waals surface area contributed by atoms with Crippen LogP contribution in [0.2, 0.25) is 5.02 Å². The second-order valence-corrected chi connectivity index (χ2v) is 11.0. The van der Waals surface area contributed by atoms with E-state index in [1.54, 1.807) is 13.0 Å². The van der Waals surface area contributed by atoms with E-state index in [-0.39, 0.29) is 21.6 Å². The Labute approximate surface area is 170 Å². The molecule has 28 heavy (non-hydrogen) atoms. The Bertz CT molecular complexity index is 976. The van der Waals surface area contributed by atoms with Gasteiger partial charge in [0.1, 0.15) is 17.7 Å². The zero-order chi connectivity index (χ0) is 20.9. The highest BCUT2D eigenvalue weighted by Crippen LogP contribution is 2.45. The number of aromatic nitrogens is 2. The molecule has 1 fully saturated rings. The molecule has 1 aromatic carbocycles. The molecular weight excluding hydrogens is 403 g/mol. The Balaban J connectivity index is 1.93. The molecule has 1 aliphatic carbocycles. The van der Waals surface area contributed by atoms with Gasteiger partial charge in [-0.3, -0.25) is 0 Å². The van der Waals surface area contributed by atoms with Gasteiger partial charge in [0.25, 0.3) is 0 Å². The van der Waals surface area contributed by atoms with Gasteiger partial charge in [-0.1, -0.05) is 38.4 Å². The van der Waals surface area contributed by atoms with Crippen molar-refractivity contribution < 1.29 is 17.5 Å². The quantitative estimate of drug-likeness (QED) is 0.739. The minimum Gasteiger partial charge on any atom is -0.362 e. The van der Waals surface area contributed by atoms with E-state index in [4.69, 9.17) is 16.3 Å². The number of rotatable bonds is 5. The van der Waals surface area contributed by atoms with E-state index >= 15 is 0 Å². The maximum Gasteiger partial charge on any atom is 0.194 e. The molecule has 1 unspecified atom stereocenters. The number of ether oxygens (including phenoxy) is 1. The second-order valence-electron chi connectivity index (χ2n) is 8.67. The fraction of sp³-hybridized carbons (Fsp3) is 0.550. The molecule has 8 heteroatoms. The van der Waals surface area contributed by atoms with Gasteiger partial charge in [-0.05, 0) is 48.8 Å². The van der Waals surface area contributed by atoms with Gasteiger partial charge in [0.2, 0.25) is 0 Å². The summed E-state index contributed by atoms with van der Waals surface area (Å²) in [4.78, 5) is 7.31. The average Bonchev–Trinajstić information content (AvgIpc) is 2.89. The Morgan fingerprint density at radius 3 is 2.46 bits per heavy atom. The van der Waals surface area contributed by atoms with Crippen LogP contribution in [0.1, 0.15) is 56.8 Å². The first-order valence-electron chi connectivity index (χ1n) is 9.23. The number of nitrogens with zero attached hydrogens (tertiary/aromatic N) is 1. The molecule has 1 N–H and O–H groups in total. The molecule has 1 saturated carbocycles. The van der Waals surface area contributed by atoms with Gasteiger partial charge in [-0.2, -0.15) is 0 Å². The second kappa shape index (κ2) is 7.43. The predicted octanol–water partition coefficient (Wildman–Crippen LogP) is 4.84. The van der Waals surface area contributed by atoms with E-state index < -0.39 is 21.8 Å². The number of aromatic amines is 1. The van der Waals surface area contributed by atoms with E-state index in [2.05, 4.69) is 30.7 Å². The molecule has 0 aliphatic heterocycles. The van der Waals surface area contributed by atoms with Crippen molar-refractivity contribution >= 4 is 21.4 Å². The fourth-order valence-corrected chi connectivity index (χ4v) is 4.56. The standard InChI is InChI=1S/C20H26ClFN2O3S/c1-11-19(28(5,25)26)24-18(23-11)17(12-6-7-16(22)15(21)8-12)27-14-9-13(10-14)20(2,3)4/h6-8,13-14,17H,9-10H2,1-5H3,(H,23,24). The Morgan fingerprint density at radius 2 is 1.96 bits per heavy atom. The van der Waals surface area contributed by atoms with Crippen molar-refractivity contribution in [2.75, 3.05) is 6.26 Å². The zero-order valence-electron chi connectivity index (χ0n) is 16.7. The van der Waals surface area contributed by atoms with Crippen molar-refractivity contribution in [3.05, 3.63) is 46.1 Å². The van der Waals surface area contributed by atoms with Crippen LogP contribution in [-0.4, -0.2) is 30.7 Å². The lowest BCUT2D eigenvalue weighted by molar-refractivity contribution is -0.0895. The van der Waals surface area contributed by atoms with Crippen LogP contribution in [0.5, 0.6) is 0 Å². The highest BCUT2D eigenvalue weighted by Gasteiger charge is 2.40. The van der Waals surface area contributed by atoms with E-state index in [1.165, 1.54) is 12.1 Å². The first kappa shape index (κ1) is 21.3.